The summed E-state index contributed by atoms with van der Waals surface area (Å²) in [5, 5.41) is 8.87. The van der Waals surface area contributed by atoms with Gasteiger partial charge in [-0.15, -0.1) is 0 Å². The molecule has 0 fully saturated rings. The van der Waals surface area contributed by atoms with Gasteiger partial charge in [0.1, 0.15) is 5.75 Å². The summed E-state index contributed by atoms with van der Waals surface area (Å²) < 4.78 is 3.00. The molecular formula is C10H6Cl2O4. The highest BCUT2D eigenvalue weighted by atomic mass is 35.5. The molecule has 0 spiro atoms. The number of para-hydroxylation sites is 1. The van der Waals surface area contributed by atoms with Crippen molar-refractivity contribution in [2.45, 2.75) is 10.4 Å². The van der Waals surface area contributed by atoms with E-state index in [1.54, 1.807) is 12.1 Å². The first kappa shape index (κ1) is 11.2. The molecule has 1 unspecified atom stereocenters. The van der Waals surface area contributed by atoms with Crippen molar-refractivity contribution in [3.8, 4) is 5.75 Å². The van der Waals surface area contributed by atoms with E-state index in [4.69, 9.17) is 33.0 Å². The molecule has 0 saturated carbocycles. The number of rotatable bonds is 1. The molecule has 0 amide bonds. The highest BCUT2D eigenvalue weighted by molar-refractivity contribution is 6.61. The number of ketones is 1. The molecule has 6 heteroatoms. The van der Waals surface area contributed by atoms with Gasteiger partial charge in [0.15, 0.2) is 0 Å². The minimum atomic E-state index is -2.10. The number of carbonyl (C=O) groups is 2. The summed E-state index contributed by atoms with van der Waals surface area (Å²) in [7, 11) is 0. The maximum absolute atomic E-state index is 11.8. The number of carboxylic acid groups (broad SMARTS) is 1. The average Bonchev–Trinajstić information content (AvgIpc) is 2.23. The molecule has 1 aliphatic rings. The van der Waals surface area contributed by atoms with Crippen LogP contribution in [0.25, 0.3) is 0 Å². The molecule has 1 aromatic carbocycles. The molecule has 2 rings (SSSR count). The molecule has 16 heavy (non-hydrogen) atoms. The lowest BCUT2D eigenvalue weighted by Crippen LogP contribution is -2.51. The van der Waals surface area contributed by atoms with E-state index in [0.717, 1.165) is 0 Å². The number of hydrogen-bond donors (Lipinski definition) is 1. The predicted octanol–water partition coefficient (Wildman–Crippen LogP) is 1.89. The second-order valence-electron chi connectivity index (χ2n) is 3.28. The molecule has 1 aromatic rings. The normalized spacial score (nSPS) is 22.1. The van der Waals surface area contributed by atoms with Crippen LogP contribution in [0.4, 0.5) is 0 Å². The van der Waals surface area contributed by atoms with Crippen LogP contribution in [0.15, 0.2) is 24.3 Å². The third-order valence-corrected chi connectivity index (χ3v) is 2.97. The van der Waals surface area contributed by atoms with E-state index in [0.29, 0.717) is 0 Å². The van der Waals surface area contributed by atoms with Crippen molar-refractivity contribution in [3.63, 3.8) is 0 Å². The van der Waals surface area contributed by atoms with Crippen LogP contribution in [0.2, 0.25) is 0 Å². The Morgan fingerprint density at radius 2 is 2.00 bits per heavy atom. The summed E-state index contributed by atoms with van der Waals surface area (Å²) in [5.41, 5.74) is 0.185. The number of Topliss-reactive ketones (excluding diaryl/α,β-unsaturated/α-hetero) is 1. The number of benzene rings is 1. The molecule has 0 aliphatic carbocycles. The number of fused-ring (bicyclic) bond motifs is 1. The van der Waals surface area contributed by atoms with Crippen LogP contribution in [-0.4, -0.2) is 27.3 Å². The van der Waals surface area contributed by atoms with Gasteiger partial charge in [-0.05, 0) is 12.1 Å². The topological polar surface area (TPSA) is 63.6 Å². The molecule has 0 aromatic heterocycles. The highest BCUT2D eigenvalue weighted by Crippen LogP contribution is 2.40. The van der Waals surface area contributed by atoms with E-state index in [-0.39, 0.29) is 11.3 Å². The van der Waals surface area contributed by atoms with Crippen molar-refractivity contribution in [1.82, 2.24) is 0 Å². The monoisotopic (exact) mass is 260 g/mol. The van der Waals surface area contributed by atoms with Crippen LogP contribution >= 0.6 is 23.2 Å². The lowest BCUT2D eigenvalue weighted by molar-refractivity contribution is -0.145. The second-order valence-corrected chi connectivity index (χ2v) is 4.67. The Labute approximate surface area is 101 Å². The summed E-state index contributed by atoms with van der Waals surface area (Å²) in [6.07, 6.45) is -1.60. The van der Waals surface area contributed by atoms with E-state index >= 15 is 0 Å². The van der Waals surface area contributed by atoms with Gasteiger partial charge in [0.25, 0.3) is 0 Å². The number of carbonyl (C=O) groups excluding carboxylic acids is 1. The molecular weight excluding hydrogens is 255 g/mol. The maximum Gasteiger partial charge on any atom is 0.348 e. The van der Waals surface area contributed by atoms with Gasteiger partial charge in [-0.25, -0.2) is 4.79 Å². The Hall–Kier alpha value is -1.26. The Kier molecular flexibility index (Phi) is 2.56. The second kappa shape index (κ2) is 3.64. The standard InChI is InChI=1S/C10H6Cl2O4/c11-10(12)7(13)5-3-1-2-4-6(5)16-8(10)9(14)15/h1-4,8H,(H,14,15). The van der Waals surface area contributed by atoms with Crippen LogP contribution in [0.5, 0.6) is 5.75 Å². The summed E-state index contributed by atoms with van der Waals surface area (Å²) in [6, 6.07) is 6.22. The Morgan fingerprint density at radius 1 is 1.38 bits per heavy atom. The lowest BCUT2D eigenvalue weighted by atomic mass is 10.00. The fraction of sp³-hybridized carbons (Fsp3) is 0.200. The first-order chi connectivity index (χ1) is 7.44. The van der Waals surface area contributed by atoms with E-state index in [1.807, 2.05) is 0 Å². The van der Waals surface area contributed by atoms with Gasteiger partial charge in [-0.1, -0.05) is 35.3 Å². The van der Waals surface area contributed by atoms with E-state index in [2.05, 4.69) is 0 Å². The molecule has 0 saturated heterocycles. The van der Waals surface area contributed by atoms with Gasteiger partial charge in [0, 0.05) is 0 Å². The molecule has 1 N–H and O–H groups in total. The van der Waals surface area contributed by atoms with Gasteiger partial charge >= 0.3 is 5.97 Å². The van der Waals surface area contributed by atoms with Crippen molar-refractivity contribution < 1.29 is 19.4 Å². The third kappa shape index (κ3) is 1.54. The molecule has 1 atom stereocenters. The van der Waals surface area contributed by atoms with Crippen LogP contribution in [-0.2, 0) is 4.79 Å². The van der Waals surface area contributed by atoms with Crippen LogP contribution in [0.3, 0.4) is 0 Å². The minimum Gasteiger partial charge on any atom is -0.478 e. The summed E-state index contributed by atoms with van der Waals surface area (Å²) >= 11 is 11.4. The van der Waals surface area contributed by atoms with E-state index in [1.165, 1.54) is 12.1 Å². The number of halogens is 2. The molecule has 1 aliphatic heterocycles. The summed E-state index contributed by atoms with van der Waals surface area (Å²) in [6.45, 7) is 0. The number of aliphatic carboxylic acids is 1. The first-order valence-corrected chi connectivity index (χ1v) is 5.11. The minimum absolute atomic E-state index is 0.178. The Morgan fingerprint density at radius 3 is 2.62 bits per heavy atom. The maximum atomic E-state index is 11.8. The number of ether oxygens (including phenoxy) is 1. The van der Waals surface area contributed by atoms with Gasteiger partial charge in [0.05, 0.1) is 5.56 Å². The SMILES string of the molecule is O=C(O)C1Oc2ccccc2C(=O)C1(Cl)Cl. The molecule has 0 bridgehead atoms. The summed E-state index contributed by atoms with van der Waals surface area (Å²) in [4.78, 5) is 22.7. The molecule has 4 nitrogen and oxygen atoms in total. The van der Waals surface area contributed by atoms with Gasteiger partial charge in [-0.2, -0.15) is 0 Å². The highest BCUT2D eigenvalue weighted by Gasteiger charge is 2.52. The van der Waals surface area contributed by atoms with Crippen LogP contribution < -0.4 is 4.74 Å². The largest absolute Gasteiger partial charge is 0.478 e. The Bertz CT molecular complexity index is 470. The van der Waals surface area contributed by atoms with E-state index in [9.17, 15) is 9.59 Å². The van der Waals surface area contributed by atoms with Crippen LogP contribution in [0.1, 0.15) is 10.4 Å². The lowest BCUT2D eigenvalue weighted by Gasteiger charge is -2.31. The van der Waals surface area contributed by atoms with Gasteiger partial charge in [-0.3, -0.25) is 4.79 Å². The zero-order valence-electron chi connectivity index (χ0n) is 7.81. The van der Waals surface area contributed by atoms with Crippen molar-refractivity contribution in [2.75, 3.05) is 0 Å². The Balaban J connectivity index is 2.55. The molecule has 84 valence electrons. The number of carboxylic acids is 1. The fourth-order valence-electron chi connectivity index (χ4n) is 1.46. The van der Waals surface area contributed by atoms with Crippen molar-refractivity contribution in [2.24, 2.45) is 0 Å². The van der Waals surface area contributed by atoms with Gasteiger partial charge < -0.3 is 9.84 Å². The number of hydrogen-bond acceptors (Lipinski definition) is 3. The molecule has 0 radical (unpaired) electrons. The van der Waals surface area contributed by atoms with Crippen molar-refractivity contribution in [1.29, 1.82) is 0 Å². The van der Waals surface area contributed by atoms with Crippen molar-refractivity contribution in [3.05, 3.63) is 29.8 Å². The fourth-order valence-corrected chi connectivity index (χ4v) is 1.94. The quantitative estimate of drug-likeness (QED) is 0.784. The average molecular weight is 261 g/mol. The smallest absolute Gasteiger partial charge is 0.348 e. The predicted molar refractivity (Wildman–Crippen MR) is 57.3 cm³/mol. The number of alkyl halides is 2. The zero-order valence-corrected chi connectivity index (χ0v) is 9.33. The van der Waals surface area contributed by atoms with Crippen LogP contribution in [0, 0.1) is 0 Å². The zero-order chi connectivity index (χ0) is 11.9. The summed E-state index contributed by atoms with van der Waals surface area (Å²) in [5.74, 6) is -1.87. The van der Waals surface area contributed by atoms with Crippen molar-refractivity contribution >= 4 is 35.0 Å². The molecule has 1 heterocycles. The van der Waals surface area contributed by atoms with E-state index < -0.39 is 22.2 Å². The van der Waals surface area contributed by atoms with Gasteiger partial charge in [0.2, 0.25) is 16.2 Å². The third-order valence-electron chi connectivity index (χ3n) is 2.23. The first-order valence-electron chi connectivity index (χ1n) is 4.35.